The van der Waals surface area contributed by atoms with Crippen molar-refractivity contribution < 1.29 is 4.79 Å². The molecule has 1 fully saturated rings. The molecule has 0 saturated heterocycles. The number of amides is 1. The quantitative estimate of drug-likeness (QED) is 0.877. The summed E-state index contributed by atoms with van der Waals surface area (Å²) in [4.78, 5) is 12.1. The van der Waals surface area contributed by atoms with E-state index in [2.05, 4.69) is 22.4 Å². The molecule has 0 atom stereocenters. The highest BCUT2D eigenvalue weighted by Gasteiger charge is 2.22. The summed E-state index contributed by atoms with van der Waals surface area (Å²) in [6.07, 6.45) is 8.96. The molecule has 3 rings (SSSR count). The summed E-state index contributed by atoms with van der Waals surface area (Å²) < 4.78 is 3.67. The van der Waals surface area contributed by atoms with Gasteiger partial charge in [0.1, 0.15) is 0 Å². The van der Waals surface area contributed by atoms with Crippen LogP contribution in [0.25, 0.3) is 0 Å². The van der Waals surface area contributed by atoms with Crippen molar-refractivity contribution in [2.45, 2.75) is 39.3 Å². The van der Waals surface area contributed by atoms with Crippen LogP contribution in [-0.2, 0) is 13.1 Å². The van der Waals surface area contributed by atoms with Gasteiger partial charge in [-0.15, -0.1) is 0 Å². The lowest BCUT2D eigenvalue weighted by Gasteiger charge is -2.00. The molecule has 0 unspecified atom stereocenters. The fourth-order valence-electron chi connectivity index (χ4n) is 2.12. The number of carbonyl (C=O) groups is 1. The predicted octanol–water partition coefficient (Wildman–Crippen LogP) is 2.15. The number of hydrogen-bond donors (Lipinski definition) is 1. The Hall–Kier alpha value is -2.11. The third-order valence-corrected chi connectivity index (χ3v) is 3.36. The van der Waals surface area contributed by atoms with Crippen LogP contribution in [0.5, 0.6) is 0 Å². The van der Waals surface area contributed by atoms with Crippen molar-refractivity contribution in [3.05, 3.63) is 30.4 Å². The van der Waals surface area contributed by atoms with E-state index in [0.29, 0.717) is 5.69 Å². The Morgan fingerprint density at radius 1 is 1.45 bits per heavy atom. The molecule has 1 aliphatic rings. The first-order chi connectivity index (χ1) is 9.74. The van der Waals surface area contributed by atoms with E-state index < -0.39 is 0 Å². The number of rotatable bonds is 6. The number of aryl methyl sites for hydroxylation is 1. The van der Waals surface area contributed by atoms with Gasteiger partial charge in [0, 0.05) is 25.5 Å². The Morgan fingerprint density at radius 3 is 3.05 bits per heavy atom. The molecule has 0 spiro atoms. The van der Waals surface area contributed by atoms with Gasteiger partial charge >= 0.3 is 0 Å². The predicted molar refractivity (Wildman–Crippen MR) is 75.4 cm³/mol. The number of nitrogens with zero attached hydrogens (tertiary/aromatic N) is 4. The zero-order chi connectivity index (χ0) is 13.9. The van der Waals surface area contributed by atoms with Gasteiger partial charge in [-0.3, -0.25) is 14.2 Å². The standard InChI is InChI=1S/C14H19N5O/c1-2-6-18-7-5-13(17-18)14(20)16-12-8-15-19(10-12)9-11-3-4-11/h5,7-8,10-11H,2-4,6,9H2,1H3,(H,16,20). The molecule has 0 bridgehead atoms. The molecule has 1 N–H and O–H groups in total. The van der Waals surface area contributed by atoms with Crippen LogP contribution < -0.4 is 5.32 Å². The van der Waals surface area contributed by atoms with Crippen molar-refractivity contribution in [1.82, 2.24) is 19.6 Å². The second kappa shape index (κ2) is 5.48. The van der Waals surface area contributed by atoms with Crippen molar-refractivity contribution in [2.75, 3.05) is 5.32 Å². The largest absolute Gasteiger partial charge is 0.318 e. The summed E-state index contributed by atoms with van der Waals surface area (Å²) in [7, 11) is 0. The van der Waals surface area contributed by atoms with Gasteiger partial charge in [-0.25, -0.2) is 0 Å². The van der Waals surface area contributed by atoms with E-state index in [1.165, 1.54) is 12.8 Å². The molecule has 20 heavy (non-hydrogen) atoms. The van der Waals surface area contributed by atoms with Crippen molar-refractivity contribution in [2.24, 2.45) is 5.92 Å². The summed E-state index contributed by atoms with van der Waals surface area (Å²) in [5.41, 5.74) is 1.16. The van der Waals surface area contributed by atoms with Gasteiger partial charge in [-0.05, 0) is 31.2 Å². The first-order valence-electron chi connectivity index (χ1n) is 7.12. The number of carbonyl (C=O) groups excluding carboxylic acids is 1. The van der Waals surface area contributed by atoms with E-state index in [1.54, 1.807) is 16.9 Å². The monoisotopic (exact) mass is 273 g/mol. The smallest absolute Gasteiger partial charge is 0.276 e. The highest BCUT2D eigenvalue weighted by Crippen LogP contribution is 2.30. The first-order valence-corrected chi connectivity index (χ1v) is 7.12. The van der Waals surface area contributed by atoms with Crippen molar-refractivity contribution in [3.8, 4) is 0 Å². The highest BCUT2D eigenvalue weighted by molar-refractivity contribution is 6.02. The van der Waals surface area contributed by atoms with Crippen molar-refractivity contribution >= 4 is 11.6 Å². The molecule has 2 aromatic rings. The second-order valence-corrected chi connectivity index (χ2v) is 5.31. The molecule has 2 aromatic heterocycles. The maximum Gasteiger partial charge on any atom is 0.276 e. The second-order valence-electron chi connectivity index (χ2n) is 5.31. The third-order valence-electron chi connectivity index (χ3n) is 3.36. The minimum absolute atomic E-state index is 0.189. The summed E-state index contributed by atoms with van der Waals surface area (Å²) in [5, 5.41) is 11.3. The van der Waals surface area contributed by atoms with Gasteiger partial charge in [-0.1, -0.05) is 6.92 Å². The Labute approximate surface area is 117 Å². The van der Waals surface area contributed by atoms with E-state index in [1.807, 2.05) is 17.1 Å². The Kier molecular flexibility index (Phi) is 3.54. The maximum absolute atomic E-state index is 12.1. The van der Waals surface area contributed by atoms with Crippen LogP contribution in [0.4, 0.5) is 5.69 Å². The van der Waals surface area contributed by atoms with Gasteiger partial charge in [0.2, 0.25) is 0 Å². The molecular formula is C14H19N5O. The summed E-state index contributed by atoms with van der Waals surface area (Å²) >= 11 is 0. The summed E-state index contributed by atoms with van der Waals surface area (Å²) in [6.45, 7) is 3.85. The lowest BCUT2D eigenvalue weighted by atomic mass is 10.4. The van der Waals surface area contributed by atoms with E-state index in [-0.39, 0.29) is 5.91 Å². The fourth-order valence-corrected chi connectivity index (χ4v) is 2.12. The van der Waals surface area contributed by atoms with Crippen LogP contribution in [0.1, 0.15) is 36.7 Å². The molecule has 1 amide bonds. The number of anilines is 1. The van der Waals surface area contributed by atoms with Gasteiger partial charge in [0.05, 0.1) is 11.9 Å². The molecule has 106 valence electrons. The number of nitrogens with one attached hydrogen (secondary N) is 1. The third kappa shape index (κ3) is 3.07. The minimum Gasteiger partial charge on any atom is -0.318 e. The number of hydrogen-bond acceptors (Lipinski definition) is 3. The van der Waals surface area contributed by atoms with Crippen LogP contribution in [0.15, 0.2) is 24.7 Å². The first kappa shape index (κ1) is 12.9. The Balaban J connectivity index is 1.60. The highest BCUT2D eigenvalue weighted by atomic mass is 16.2. The molecule has 0 aliphatic heterocycles. The van der Waals surface area contributed by atoms with Crippen LogP contribution in [0.2, 0.25) is 0 Å². The molecule has 2 heterocycles. The van der Waals surface area contributed by atoms with Gasteiger partial charge < -0.3 is 5.32 Å². The lowest BCUT2D eigenvalue weighted by molar-refractivity contribution is 0.102. The molecule has 0 aromatic carbocycles. The van der Waals surface area contributed by atoms with Gasteiger partial charge in [0.25, 0.3) is 5.91 Å². The molecule has 6 nitrogen and oxygen atoms in total. The zero-order valence-electron chi connectivity index (χ0n) is 11.6. The van der Waals surface area contributed by atoms with E-state index in [4.69, 9.17) is 0 Å². The van der Waals surface area contributed by atoms with Crippen LogP contribution >= 0.6 is 0 Å². The van der Waals surface area contributed by atoms with Crippen LogP contribution in [0.3, 0.4) is 0 Å². The molecular weight excluding hydrogens is 254 g/mol. The topological polar surface area (TPSA) is 64.7 Å². The SMILES string of the molecule is CCCn1ccc(C(=O)Nc2cnn(CC3CC3)c2)n1. The average Bonchev–Trinajstić information content (AvgIpc) is 2.93. The molecule has 1 saturated carbocycles. The van der Waals surface area contributed by atoms with Crippen molar-refractivity contribution in [3.63, 3.8) is 0 Å². The Bertz CT molecular complexity index is 596. The lowest BCUT2D eigenvalue weighted by Crippen LogP contribution is -2.13. The van der Waals surface area contributed by atoms with E-state index in [9.17, 15) is 4.79 Å². The maximum atomic E-state index is 12.1. The van der Waals surface area contributed by atoms with Crippen LogP contribution in [-0.4, -0.2) is 25.5 Å². The summed E-state index contributed by atoms with van der Waals surface area (Å²) in [5.74, 6) is 0.578. The van der Waals surface area contributed by atoms with Gasteiger partial charge in [-0.2, -0.15) is 10.2 Å². The van der Waals surface area contributed by atoms with Crippen LogP contribution in [0, 0.1) is 5.92 Å². The Morgan fingerprint density at radius 2 is 2.30 bits per heavy atom. The zero-order valence-corrected chi connectivity index (χ0v) is 11.6. The summed E-state index contributed by atoms with van der Waals surface area (Å²) in [6, 6.07) is 1.74. The fraction of sp³-hybridized carbons (Fsp3) is 0.500. The van der Waals surface area contributed by atoms with E-state index in [0.717, 1.165) is 31.1 Å². The van der Waals surface area contributed by atoms with E-state index >= 15 is 0 Å². The average molecular weight is 273 g/mol. The minimum atomic E-state index is -0.189. The number of aromatic nitrogens is 4. The van der Waals surface area contributed by atoms with Gasteiger partial charge in [0.15, 0.2) is 5.69 Å². The molecule has 1 aliphatic carbocycles. The van der Waals surface area contributed by atoms with Crippen molar-refractivity contribution in [1.29, 1.82) is 0 Å². The molecule has 6 heteroatoms. The molecule has 0 radical (unpaired) electrons. The normalized spacial score (nSPS) is 14.4.